The largest absolute Gasteiger partial charge is 0.481 e. The number of carboxylic acid groups (broad SMARTS) is 1. The van der Waals surface area contributed by atoms with Gasteiger partial charge in [-0.3, -0.25) is 9.69 Å². The average Bonchev–Trinajstić information content (AvgIpc) is 2.79. The third kappa shape index (κ3) is 4.96. The fourth-order valence-corrected chi connectivity index (χ4v) is 3.48. The molecule has 0 saturated heterocycles. The van der Waals surface area contributed by atoms with Gasteiger partial charge in [0.2, 0.25) is 0 Å². The molecule has 0 fully saturated rings. The zero-order valence-electron chi connectivity index (χ0n) is 12.3. The molecule has 3 nitrogen and oxygen atoms in total. The molecule has 1 unspecified atom stereocenters. The van der Waals surface area contributed by atoms with Crippen molar-refractivity contribution in [1.82, 2.24) is 4.90 Å². The standard InChI is InChI=1S/C15H25NO2S/c1-11(2)15(13-7-6-10-19-13)16(12(3)4)9-5-8-14(17)18/h6-7,10-12,15H,5,8-9H2,1-4H3,(H,17,18). The Labute approximate surface area is 120 Å². The highest BCUT2D eigenvalue weighted by Crippen LogP contribution is 2.33. The minimum Gasteiger partial charge on any atom is -0.481 e. The van der Waals surface area contributed by atoms with Crippen LogP contribution >= 0.6 is 11.3 Å². The second-order valence-corrected chi connectivity index (χ2v) is 6.51. The lowest BCUT2D eigenvalue weighted by Crippen LogP contribution is -2.38. The van der Waals surface area contributed by atoms with Crippen molar-refractivity contribution >= 4 is 17.3 Å². The molecule has 108 valence electrons. The summed E-state index contributed by atoms with van der Waals surface area (Å²) >= 11 is 1.79. The van der Waals surface area contributed by atoms with Gasteiger partial charge in [0, 0.05) is 23.4 Å². The van der Waals surface area contributed by atoms with Crippen LogP contribution in [0.15, 0.2) is 17.5 Å². The van der Waals surface area contributed by atoms with Crippen LogP contribution in [-0.2, 0) is 4.79 Å². The van der Waals surface area contributed by atoms with Crippen molar-refractivity contribution in [3.63, 3.8) is 0 Å². The molecule has 0 aromatic carbocycles. The zero-order chi connectivity index (χ0) is 14.4. The Kier molecular flexibility index (Phi) is 6.52. The first-order valence-corrected chi connectivity index (χ1v) is 7.82. The maximum absolute atomic E-state index is 10.7. The molecule has 0 amide bonds. The molecule has 1 N–H and O–H groups in total. The highest BCUT2D eigenvalue weighted by Gasteiger charge is 2.26. The van der Waals surface area contributed by atoms with Gasteiger partial charge in [0.05, 0.1) is 0 Å². The van der Waals surface area contributed by atoms with Crippen molar-refractivity contribution < 1.29 is 9.90 Å². The van der Waals surface area contributed by atoms with Crippen LogP contribution in [0.5, 0.6) is 0 Å². The predicted octanol–water partition coefficient (Wildman–Crippen LogP) is 4.02. The molecule has 0 saturated carbocycles. The molecular weight excluding hydrogens is 258 g/mol. The van der Waals surface area contributed by atoms with Crippen molar-refractivity contribution in [2.24, 2.45) is 5.92 Å². The van der Waals surface area contributed by atoms with Gasteiger partial charge in [-0.05, 0) is 44.2 Å². The second-order valence-electron chi connectivity index (χ2n) is 5.53. The van der Waals surface area contributed by atoms with E-state index in [2.05, 4.69) is 50.1 Å². The Morgan fingerprint density at radius 2 is 2.05 bits per heavy atom. The van der Waals surface area contributed by atoms with Crippen LogP contribution < -0.4 is 0 Å². The summed E-state index contributed by atoms with van der Waals surface area (Å²) in [5.41, 5.74) is 0. The summed E-state index contributed by atoms with van der Waals surface area (Å²) in [5, 5.41) is 10.9. The van der Waals surface area contributed by atoms with Crippen molar-refractivity contribution in [2.45, 2.75) is 52.6 Å². The summed E-state index contributed by atoms with van der Waals surface area (Å²) in [6, 6.07) is 5.07. The third-order valence-electron chi connectivity index (χ3n) is 3.29. The number of carbonyl (C=O) groups is 1. The number of hydrogen-bond donors (Lipinski definition) is 1. The maximum Gasteiger partial charge on any atom is 0.303 e. The minimum absolute atomic E-state index is 0.248. The normalized spacial score (nSPS) is 13.4. The Morgan fingerprint density at radius 1 is 1.37 bits per heavy atom. The molecule has 1 atom stereocenters. The SMILES string of the molecule is CC(C)C(c1cccs1)N(CCCC(=O)O)C(C)C. The summed E-state index contributed by atoms with van der Waals surface area (Å²) < 4.78 is 0. The molecule has 0 radical (unpaired) electrons. The van der Waals surface area contributed by atoms with Gasteiger partial charge in [-0.25, -0.2) is 0 Å². The number of nitrogens with zero attached hydrogens (tertiary/aromatic N) is 1. The molecule has 19 heavy (non-hydrogen) atoms. The Morgan fingerprint density at radius 3 is 2.47 bits per heavy atom. The van der Waals surface area contributed by atoms with Gasteiger partial charge < -0.3 is 5.11 Å². The minimum atomic E-state index is -0.707. The van der Waals surface area contributed by atoms with Crippen LogP contribution in [0.1, 0.15) is 51.5 Å². The molecule has 0 aliphatic heterocycles. The maximum atomic E-state index is 10.7. The third-order valence-corrected chi connectivity index (χ3v) is 4.24. The first-order valence-electron chi connectivity index (χ1n) is 6.94. The lowest BCUT2D eigenvalue weighted by Gasteiger charge is -2.37. The predicted molar refractivity (Wildman–Crippen MR) is 80.6 cm³/mol. The monoisotopic (exact) mass is 283 g/mol. The lowest BCUT2D eigenvalue weighted by molar-refractivity contribution is -0.137. The molecule has 0 aliphatic carbocycles. The summed E-state index contributed by atoms with van der Waals surface area (Å²) in [4.78, 5) is 14.5. The molecule has 1 aromatic heterocycles. The van der Waals surface area contributed by atoms with E-state index in [-0.39, 0.29) is 6.42 Å². The molecule has 0 spiro atoms. The topological polar surface area (TPSA) is 40.5 Å². The summed E-state index contributed by atoms with van der Waals surface area (Å²) in [7, 11) is 0. The lowest BCUT2D eigenvalue weighted by atomic mass is 9.99. The van der Waals surface area contributed by atoms with E-state index < -0.39 is 5.97 Å². The van der Waals surface area contributed by atoms with E-state index in [0.717, 1.165) is 6.54 Å². The van der Waals surface area contributed by atoms with Crippen LogP contribution in [0.25, 0.3) is 0 Å². The smallest absolute Gasteiger partial charge is 0.303 e. The highest BCUT2D eigenvalue weighted by atomic mass is 32.1. The van der Waals surface area contributed by atoms with Crippen LogP contribution in [-0.4, -0.2) is 28.6 Å². The van der Waals surface area contributed by atoms with Crippen LogP contribution in [0.2, 0.25) is 0 Å². The van der Waals surface area contributed by atoms with E-state index in [9.17, 15) is 4.79 Å². The fourth-order valence-electron chi connectivity index (χ4n) is 2.47. The van der Waals surface area contributed by atoms with Crippen molar-refractivity contribution in [1.29, 1.82) is 0 Å². The van der Waals surface area contributed by atoms with E-state index in [4.69, 9.17) is 5.11 Å². The number of carboxylic acids is 1. The molecule has 1 aromatic rings. The van der Waals surface area contributed by atoms with Crippen LogP contribution in [0.3, 0.4) is 0 Å². The van der Waals surface area contributed by atoms with Gasteiger partial charge in [-0.1, -0.05) is 19.9 Å². The number of thiophene rings is 1. The molecule has 1 heterocycles. The average molecular weight is 283 g/mol. The summed E-state index contributed by atoms with van der Waals surface area (Å²) in [5.74, 6) is -0.188. The molecule has 0 aliphatic rings. The Bertz CT molecular complexity index is 374. The van der Waals surface area contributed by atoms with Gasteiger partial charge in [-0.15, -0.1) is 11.3 Å². The van der Waals surface area contributed by atoms with Gasteiger partial charge in [0.15, 0.2) is 0 Å². The first kappa shape index (κ1) is 16.2. The summed E-state index contributed by atoms with van der Waals surface area (Å²) in [6.45, 7) is 9.67. The van der Waals surface area contributed by atoms with E-state index in [1.165, 1.54) is 4.88 Å². The number of rotatable bonds is 8. The van der Waals surface area contributed by atoms with Gasteiger partial charge in [0.25, 0.3) is 0 Å². The molecule has 0 bridgehead atoms. The van der Waals surface area contributed by atoms with E-state index in [1.807, 2.05) is 0 Å². The number of hydrogen-bond acceptors (Lipinski definition) is 3. The van der Waals surface area contributed by atoms with Crippen molar-refractivity contribution in [2.75, 3.05) is 6.54 Å². The highest BCUT2D eigenvalue weighted by molar-refractivity contribution is 7.10. The van der Waals surface area contributed by atoms with Crippen molar-refractivity contribution in [3.8, 4) is 0 Å². The Balaban J connectivity index is 2.78. The molecule has 4 heteroatoms. The molecular formula is C15H25NO2S. The van der Waals surface area contributed by atoms with E-state index in [0.29, 0.717) is 24.4 Å². The van der Waals surface area contributed by atoms with Gasteiger partial charge in [0.1, 0.15) is 0 Å². The van der Waals surface area contributed by atoms with Crippen molar-refractivity contribution in [3.05, 3.63) is 22.4 Å². The molecule has 1 rings (SSSR count). The van der Waals surface area contributed by atoms with Gasteiger partial charge >= 0.3 is 5.97 Å². The fraction of sp³-hybridized carbons (Fsp3) is 0.667. The second kappa shape index (κ2) is 7.65. The van der Waals surface area contributed by atoms with E-state index >= 15 is 0 Å². The first-order chi connectivity index (χ1) is 8.93. The quantitative estimate of drug-likeness (QED) is 0.783. The van der Waals surface area contributed by atoms with Gasteiger partial charge in [-0.2, -0.15) is 0 Å². The van der Waals surface area contributed by atoms with Crippen LogP contribution in [0, 0.1) is 5.92 Å². The van der Waals surface area contributed by atoms with E-state index in [1.54, 1.807) is 11.3 Å². The number of aliphatic carboxylic acids is 1. The Hall–Kier alpha value is -0.870. The van der Waals surface area contributed by atoms with Crippen LogP contribution in [0.4, 0.5) is 0 Å². The zero-order valence-corrected chi connectivity index (χ0v) is 13.1. The summed E-state index contributed by atoms with van der Waals surface area (Å²) in [6.07, 6.45) is 0.959.